The Hall–Kier alpha value is -1.64. The topological polar surface area (TPSA) is 66.4 Å². The molecule has 0 spiro atoms. The molecule has 0 atom stereocenters. The Kier molecular flexibility index (Phi) is 8.08. The number of amides is 1. The molecule has 0 aliphatic rings. The number of hydrogen-bond acceptors (Lipinski definition) is 2. The van der Waals surface area contributed by atoms with Crippen molar-refractivity contribution in [1.29, 1.82) is 0 Å². The third-order valence-electron chi connectivity index (χ3n) is 3.92. The van der Waals surface area contributed by atoms with Crippen LogP contribution in [0.1, 0.15) is 20.7 Å². The first-order valence-electron chi connectivity index (χ1n) is 7.85. The van der Waals surface area contributed by atoms with Gasteiger partial charge >= 0.3 is 24.8 Å². The Morgan fingerprint density at radius 3 is 1.97 bits per heavy atom. The Balaban J connectivity index is 0.00000300. The molecule has 0 saturated heterocycles. The molecule has 3 aromatic carbocycles. The average Bonchev–Trinajstić information content (AvgIpc) is 2.62. The molecule has 0 aliphatic heterocycles. The molecule has 0 heterocycles. The van der Waals surface area contributed by atoms with Gasteiger partial charge in [-0.05, 0) is 48.0 Å². The Morgan fingerprint density at radius 2 is 1.38 bits per heavy atom. The quantitative estimate of drug-likeness (QED) is 0.449. The van der Waals surface area contributed by atoms with Crippen molar-refractivity contribution in [3.63, 3.8) is 0 Å². The fraction of sp³-hybridized carbons (Fsp3) is 0. The van der Waals surface area contributed by atoms with Crippen LogP contribution in [0.5, 0.6) is 0 Å². The summed E-state index contributed by atoms with van der Waals surface area (Å²) in [6.07, 6.45) is 0. The van der Waals surface area contributed by atoms with Crippen molar-refractivity contribution in [2.24, 2.45) is 0 Å². The minimum atomic E-state index is -1.20. The van der Waals surface area contributed by atoms with Gasteiger partial charge in [0.1, 0.15) is 0 Å². The summed E-state index contributed by atoms with van der Waals surface area (Å²) >= 11 is 24.0. The zero-order valence-electron chi connectivity index (χ0n) is 14.0. The van der Waals surface area contributed by atoms with Gasteiger partial charge in [-0.15, -0.1) is 0 Å². The van der Waals surface area contributed by atoms with Gasteiger partial charge in [-0.3, -0.25) is 4.79 Å². The van der Waals surface area contributed by atoms with Crippen molar-refractivity contribution >= 4 is 82.8 Å². The molecular formula is C20H12Cl4LiNO3. The van der Waals surface area contributed by atoms with Crippen molar-refractivity contribution < 1.29 is 14.7 Å². The van der Waals surface area contributed by atoms with Gasteiger partial charge < -0.3 is 10.4 Å². The van der Waals surface area contributed by atoms with Crippen LogP contribution in [-0.4, -0.2) is 35.8 Å². The summed E-state index contributed by atoms with van der Waals surface area (Å²) in [6, 6.07) is 13.9. The number of halogens is 4. The van der Waals surface area contributed by atoms with E-state index in [4.69, 9.17) is 46.4 Å². The summed E-state index contributed by atoms with van der Waals surface area (Å²) in [6.45, 7) is 0. The van der Waals surface area contributed by atoms with E-state index in [-0.39, 0.29) is 40.7 Å². The summed E-state index contributed by atoms with van der Waals surface area (Å²) in [5.41, 5.74) is 1.39. The van der Waals surface area contributed by atoms with E-state index >= 15 is 0 Å². The van der Waals surface area contributed by atoms with Gasteiger partial charge in [-0.25, -0.2) is 4.79 Å². The number of aromatic carboxylic acids is 1. The van der Waals surface area contributed by atoms with Gasteiger partial charge in [0.05, 0.1) is 21.8 Å². The van der Waals surface area contributed by atoms with Gasteiger partial charge in [-0.2, -0.15) is 0 Å². The number of carbonyl (C=O) groups is 2. The van der Waals surface area contributed by atoms with Crippen molar-refractivity contribution in [3.05, 3.63) is 85.8 Å². The third-order valence-corrected chi connectivity index (χ3v) is 5.01. The van der Waals surface area contributed by atoms with Crippen LogP contribution in [0.25, 0.3) is 11.1 Å². The Morgan fingerprint density at radius 1 is 0.759 bits per heavy atom. The standard InChI is InChI=1S/C20H11Cl4NO3.Li.H/c21-11-2-4-13(16(23)8-11)10-1-6-18(15(7-10)20(27)28)25-19(26)14-5-3-12(22)9-17(14)24;;/h1-9H,(H,25,26)(H,27,28);;. The Bertz CT molecular complexity index is 1110. The van der Waals surface area contributed by atoms with E-state index in [0.717, 1.165) is 0 Å². The van der Waals surface area contributed by atoms with Crippen LogP contribution in [0.2, 0.25) is 20.1 Å². The molecule has 4 nitrogen and oxygen atoms in total. The molecule has 0 aromatic heterocycles. The number of carboxylic acid groups (broad SMARTS) is 1. The SMILES string of the molecule is O=C(Nc1ccc(-c2ccc(Cl)cc2Cl)cc1C(=O)O)c1ccc(Cl)cc1Cl.[LiH]. The number of hydrogen-bond donors (Lipinski definition) is 2. The molecule has 1 amide bonds. The molecule has 0 fully saturated rings. The maximum atomic E-state index is 12.5. The summed E-state index contributed by atoms with van der Waals surface area (Å²) < 4.78 is 0. The van der Waals surface area contributed by atoms with Crippen LogP contribution in [0.3, 0.4) is 0 Å². The predicted octanol–water partition coefficient (Wildman–Crippen LogP) is 6.27. The van der Waals surface area contributed by atoms with Crippen LogP contribution in [0.4, 0.5) is 5.69 Å². The maximum absolute atomic E-state index is 12.5. The van der Waals surface area contributed by atoms with Gasteiger partial charge in [-0.1, -0.05) is 58.5 Å². The molecule has 144 valence electrons. The van der Waals surface area contributed by atoms with Gasteiger partial charge in [0, 0.05) is 20.6 Å². The first kappa shape index (κ1) is 23.6. The second-order valence-corrected chi connectivity index (χ2v) is 7.46. The number of carbonyl (C=O) groups excluding carboxylic acids is 1. The molecule has 9 heteroatoms. The van der Waals surface area contributed by atoms with E-state index in [1.54, 1.807) is 24.3 Å². The van der Waals surface area contributed by atoms with E-state index in [0.29, 0.717) is 26.2 Å². The van der Waals surface area contributed by atoms with Crippen molar-refractivity contribution in [1.82, 2.24) is 0 Å². The van der Waals surface area contributed by atoms with Crippen LogP contribution in [0, 0.1) is 0 Å². The molecule has 0 radical (unpaired) electrons. The molecule has 3 aromatic rings. The average molecular weight is 463 g/mol. The molecular weight excluding hydrogens is 451 g/mol. The number of anilines is 1. The van der Waals surface area contributed by atoms with Crippen LogP contribution < -0.4 is 5.32 Å². The number of nitrogens with one attached hydrogen (secondary N) is 1. The molecule has 0 unspecified atom stereocenters. The first-order valence-corrected chi connectivity index (χ1v) is 9.36. The van der Waals surface area contributed by atoms with Gasteiger partial charge in [0.2, 0.25) is 0 Å². The van der Waals surface area contributed by atoms with Crippen molar-refractivity contribution in [2.75, 3.05) is 5.32 Å². The van der Waals surface area contributed by atoms with Crippen molar-refractivity contribution in [2.45, 2.75) is 0 Å². The van der Waals surface area contributed by atoms with Gasteiger partial charge in [0.15, 0.2) is 0 Å². The van der Waals surface area contributed by atoms with E-state index < -0.39 is 11.9 Å². The zero-order valence-corrected chi connectivity index (χ0v) is 17.0. The molecule has 0 saturated carbocycles. The Labute approximate surface area is 198 Å². The summed E-state index contributed by atoms with van der Waals surface area (Å²) in [5, 5.41) is 13.5. The molecule has 3 rings (SSSR count). The van der Waals surface area contributed by atoms with E-state index in [2.05, 4.69) is 5.32 Å². The van der Waals surface area contributed by atoms with Crippen LogP contribution in [-0.2, 0) is 0 Å². The number of carboxylic acids is 1. The zero-order chi connectivity index (χ0) is 20.4. The predicted molar refractivity (Wildman–Crippen MR) is 120 cm³/mol. The summed E-state index contributed by atoms with van der Waals surface area (Å²) in [4.78, 5) is 24.2. The van der Waals surface area contributed by atoms with E-state index in [9.17, 15) is 14.7 Å². The second-order valence-electron chi connectivity index (χ2n) is 5.77. The summed E-state index contributed by atoms with van der Waals surface area (Å²) in [7, 11) is 0. The second kappa shape index (κ2) is 9.91. The molecule has 0 bridgehead atoms. The number of rotatable bonds is 4. The normalized spacial score (nSPS) is 10.2. The fourth-order valence-electron chi connectivity index (χ4n) is 2.58. The van der Waals surface area contributed by atoms with Crippen LogP contribution >= 0.6 is 46.4 Å². The van der Waals surface area contributed by atoms with Gasteiger partial charge in [0.25, 0.3) is 5.91 Å². The molecule has 2 N–H and O–H groups in total. The fourth-order valence-corrected chi connectivity index (χ4v) is 3.60. The molecule has 29 heavy (non-hydrogen) atoms. The van der Waals surface area contributed by atoms with E-state index in [1.807, 2.05) is 0 Å². The monoisotopic (exact) mass is 461 g/mol. The summed E-state index contributed by atoms with van der Waals surface area (Å²) in [5.74, 6) is -1.76. The van der Waals surface area contributed by atoms with E-state index in [1.165, 1.54) is 30.3 Å². The van der Waals surface area contributed by atoms with Crippen LogP contribution in [0.15, 0.2) is 54.6 Å². The third kappa shape index (κ3) is 5.49. The first-order chi connectivity index (χ1) is 13.3. The molecule has 0 aliphatic carbocycles. The minimum absolute atomic E-state index is 0. The number of benzene rings is 3. The van der Waals surface area contributed by atoms with Crippen molar-refractivity contribution in [3.8, 4) is 11.1 Å².